The van der Waals surface area contributed by atoms with Crippen molar-refractivity contribution >= 4 is 12.4 Å². The number of halogens is 1. The molecule has 26 heavy (non-hydrogen) atoms. The fourth-order valence-corrected chi connectivity index (χ4v) is 3.81. The van der Waals surface area contributed by atoms with Crippen LogP contribution in [-0.4, -0.2) is 28.9 Å². The quantitative estimate of drug-likeness (QED) is 0.647. The molecule has 1 saturated carbocycles. The Balaban J connectivity index is 0.00000196. The Morgan fingerprint density at radius 3 is 2.65 bits per heavy atom. The maximum absolute atomic E-state index is 4.63. The number of hydrogen-bond acceptors (Lipinski definition) is 3. The van der Waals surface area contributed by atoms with Crippen LogP contribution in [0, 0.1) is 6.92 Å². The van der Waals surface area contributed by atoms with Crippen molar-refractivity contribution < 1.29 is 0 Å². The van der Waals surface area contributed by atoms with Crippen LogP contribution >= 0.6 is 12.4 Å². The molecule has 1 aliphatic carbocycles. The Labute approximate surface area is 160 Å². The van der Waals surface area contributed by atoms with Crippen LogP contribution in [0.3, 0.4) is 0 Å². The fraction of sp³-hybridized carbons (Fsp3) is 0.526. The highest BCUT2D eigenvalue weighted by molar-refractivity contribution is 5.85. The summed E-state index contributed by atoms with van der Waals surface area (Å²) in [6.45, 7) is 3.97. The van der Waals surface area contributed by atoms with Gasteiger partial charge in [0, 0.05) is 37.2 Å². The summed E-state index contributed by atoms with van der Waals surface area (Å²) in [7, 11) is 0. The molecule has 1 aliphatic rings. The van der Waals surface area contributed by atoms with Crippen molar-refractivity contribution in [2.75, 3.05) is 0 Å². The second-order valence-electron chi connectivity index (χ2n) is 6.99. The molecule has 0 atom stereocenters. The van der Waals surface area contributed by atoms with Gasteiger partial charge in [-0.1, -0.05) is 19.3 Å². The topological polar surface area (TPSA) is 53.5 Å². The van der Waals surface area contributed by atoms with E-state index in [2.05, 4.69) is 35.1 Å². The largest absolute Gasteiger partial charge is 0.335 e. The van der Waals surface area contributed by atoms with Crippen LogP contribution in [0.4, 0.5) is 0 Å². The van der Waals surface area contributed by atoms with E-state index in [0.717, 1.165) is 31.0 Å². The van der Waals surface area contributed by atoms with Gasteiger partial charge in [-0.15, -0.1) is 12.4 Å². The summed E-state index contributed by atoms with van der Waals surface area (Å²) in [6, 6.07) is 0.572. The van der Waals surface area contributed by atoms with E-state index >= 15 is 0 Å². The molecule has 1 fully saturated rings. The lowest BCUT2D eigenvalue weighted by Gasteiger charge is -2.21. The minimum Gasteiger partial charge on any atom is -0.335 e. The van der Waals surface area contributed by atoms with Gasteiger partial charge in [-0.3, -0.25) is 4.68 Å². The summed E-state index contributed by atoms with van der Waals surface area (Å²) < 4.78 is 6.59. The summed E-state index contributed by atoms with van der Waals surface area (Å²) in [4.78, 5) is 8.64. The van der Waals surface area contributed by atoms with Gasteiger partial charge in [0.2, 0.25) is 0 Å². The second kappa shape index (κ2) is 8.54. The van der Waals surface area contributed by atoms with Gasteiger partial charge in [-0.25, -0.2) is 9.97 Å². The molecule has 6 nitrogen and oxygen atoms in total. The van der Waals surface area contributed by atoms with Crippen LogP contribution in [0.1, 0.15) is 50.4 Å². The zero-order valence-electron chi connectivity index (χ0n) is 15.3. The van der Waals surface area contributed by atoms with Gasteiger partial charge in [-0.2, -0.15) is 5.10 Å². The van der Waals surface area contributed by atoms with Gasteiger partial charge < -0.3 is 9.13 Å². The Bertz CT molecular complexity index is 811. The predicted octanol–water partition coefficient (Wildman–Crippen LogP) is 4.27. The maximum Gasteiger partial charge on any atom is 0.105 e. The monoisotopic (exact) mass is 374 g/mol. The molecule has 0 aromatic carbocycles. The molecule has 140 valence electrons. The fourth-order valence-electron chi connectivity index (χ4n) is 3.81. The smallest absolute Gasteiger partial charge is 0.105 e. The predicted molar refractivity (Wildman–Crippen MR) is 104 cm³/mol. The zero-order chi connectivity index (χ0) is 17.1. The van der Waals surface area contributed by atoms with Crippen molar-refractivity contribution in [1.82, 2.24) is 28.9 Å². The second-order valence-corrected chi connectivity index (χ2v) is 6.99. The van der Waals surface area contributed by atoms with Gasteiger partial charge in [0.05, 0.1) is 30.5 Å². The van der Waals surface area contributed by atoms with Crippen molar-refractivity contribution in [3.8, 4) is 11.3 Å². The normalized spacial score (nSPS) is 15.1. The molecule has 0 saturated heterocycles. The van der Waals surface area contributed by atoms with Gasteiger partial charge in [0.15, 0.2) is 0 Å². The number of hydrogen-bond donors (Lipinski definition) is 0. The molecule has 0 unspecified atom stereocenters. The van der Waals surface area contributed by atoms with Crippen LogP contribution in [0.15, 0.2) is 37.3 Å². The number of aromatic nitrogens is 6. The van der Waals surface area contributed by atoms with Gasteiger partial charge in [-0.05, 0) is 26.2 Å². The van der Waals surface area contributed by atoms with E-state index < -0.39 is 0 Å². The summed E-state index contributed by atoms with van der Waals surface area (Å²) in [5.74, 6) is 1.07. The Kier molecular flexibility index (Phi) is 6.14. The van der Waals surface area contributed by atoms with Crippen molar-refractivity contribution in [3.63, 3.8) is 0 Å². The van der Waals surface area contributed by atoms with E-state index in [1.165, 1.54) is 37.7 Å². The third kappa shape index (κ3) is 4.01. The first-order valence-corrected chi connectivity index (χ1v) is 9.33. The molecular weight excluding hydrogens is 348 g/mol. The van der Waals surface area contributed by atoms with Crippen LogP contribution in [0.5, 0.6) is 0 Å². The van der Waals surface area contributed by atoms with Gasteiger partial charge >= 0.3 is 0 Å². The van der Waals surface area contributed by atoms with Crippen molar-refractivity contribution in [2.45, 2.75) is 64.6 Å². The Hall–Kier alpha value is -2.08. The molecule has 4 rings (SSSR count). The van der Waals surface area contributed by atoms with Crippen LogP contribution in [0.25, 0.3) is 11.3 Å². The lowest BCUT2D eigenvalue weighted by molar-refractivity contribution is 0.329. The minimum atomic E-state index is 0. The standard InChI is InChI=1S/C19H26N6.ClH/c1-16-21-8-11-23(16)9-5-10-24-15-20-13-19(24)17-12-22-25(14-17)18-6-3-2-4-7-18;/h8,11-15,18H,2-7,9-10H2,1H3;1H. The summed E-state index contributed by atoms with van der Waals surface area (Å²) in [5.41, 5.74) is 2.33. The van der Waals surface area contributed by atoms with E-state index in [0.29, 0.717) is 6.04 Å². The van der Waals surface area contributed by atoms with Crippen molar-refractivity contribution in [2.24, 2.45) is 0 Å². The molecule has 3 aromatic rings. The third-order valence-electron chi connectivity index (χ3n) is 5.28. The SMILES string of the molecule is Cc1nccn1CCCn1cncc1-c1cnn(C2CCCCC2)c1.Cl. The lowest BCUT2D eigenvalue weighted by Crippen LogP contribution is -2.12. The lowest BCUT2D eigenvalue weighted by atomic mass is 9.96. The van der Waals surface area contributed by atoms with Crippen molar-refractivity contribution in [3.05, 3.63) is 43.1 Å². The number of imidazole rings is 2. The highest BCUT2D eigenvalue weighted by Gasteiger charge is 2.17. The number of nitrogens with zero attached hydrogens (tertiary/aromatic N) is 6. The number of rotatable bonds is 6. The molecule has 0 spiro atoms. The molecule has 0 radical (unpaired) electrons. The zero-order valence-corrected chi connectivity index (χ0v) is 16.1. The molecule has 3 aromatic heterocycles. The highest BCUT2D eigenvalue weighted by Crippen LogP contribution is 2.29. The van der Waals surface area contributed by atoms with E-state index in [1.807, 2.05) is 38.0 Å². The molecular formula is C19H27ClN6. The first kappa shape index (κ1) is 18.7. The van der Waals surface area contributed by atoms with Crippen LogP contribution < -0.4 is 0 Å². The average molecular weight is 375 g/mol. The minimum absolute atomic E-state index is 0. The molecule has 7 heteroatoms. The maximum atomic E-state index is 4.63. The molecule has 0 amide bonds. The highest BCUT2D eigenvalue weighted by atomic mass is 35.5. The van der Waals surface area contributed by atoms with Gasteiger partial charge in [0.25, 0.3) is 0 Å². The number of aryl methyl sites for hydroxylation is 3. The average Bonchev–Trinajstić information content (AvgIpc) is 3.37. The molecule has 0 aliphatic heterocycles. The van der Waals surface area contributed by atoms with Gasteiger partial charge in [0.1, 0.15) is 5.82 Å². The summed E-state index contributed by atoms with van der Waals surface area (Å²) >= 11 is 0. The van der Waals surface area contributed by atoms with E-state index in [1.54, 1.807) is 0 Å². The summed E-state index contributed by atoms with van der Waals surface area (Å²) in [5, 5.41) is 4.63. The van der Waals surface area contributed by atoms with Crippen LogP contribution in [-0.2, 0) is 13.1 Å². The van der Waals surface area contributed by atoms with E-state index in [9.17, 15) is 0 Å². The molecule has 0 bridgehead atoms. The van der Waals surface area contributed by atoms with Crippen molar-refractivity contribution in [1.29, 1.82) is 0 Å². The Morgan fingerprint density at radius 1 is 1.08 bits per heavy atom. The molecule has 3 heterocycles. The van der Waals surface area contributed by atoms with Crippen LogP contribution in [0.2, 0.25) is 0 Å². The first-order valence-electron chi connectivity index (χ1n) is 9.33. The molecule has 0 N–H and O–H groups in total. The van der Waals surface area contributed by atoms with E-state index in [-0.39, 0.29) is 12.4 Å². The summed E-state index contributed by atoms with van der Waals surface area (Å²) in [6.07, 6.45) is 19.5. The van der Waals surface area contributed by atoms with E-state index in [4.69, 9.17) is 0 Å². The first-order chi connectivity index (χ1) is 12.3. The third-order valence-corrected chi connectivity index (χ3v) is 5.28. The Morgan fingerprint density at radius 2 is 1.88 bits per heavy atom.